The summed E-state index contributed by atoms with van der Waals surface area (Å²) in [6, 6.07) is 3.45. The first-order valence-corrected chi connectivity index (χ1v) is 8.37. The molecule has 0 aromatic heterocycles. The summed E-state index contributed by atoms with van der Waals surface area (Å²) < 4.78 is 11.0. The van der Waals surface area contributed by atoms with Crippen LogP contribution in [0.5, 0.6) is 11.5 Å². The molecule has 24 heavy (non-hydrogen) atoms. The quantitative estimate of drug-likeness (QED) is 0.594. The van der Waals surface area contributed by atoms with E-state index in [1.807, 2.05) is 0 Å². The third-order valence-corrected chi connectivity index (χ3v) is 3.57. The number of hydrogen-bond acceptors (Lipinski definition) is 4. The number of benzene rings is 1. The second kappa shape index (κ2) is 8.22. The summed E-state index contributed by atoms with van der Waals surface area (Å²) in [5.41, 5.74) is 1.72. The molecule has 0 aliphatic heterocycles. The van der Waals surface area contributed by atoms with Gasteiger partial charge >= 0.3 is 5.97 Å². The third kappa shape index (κ3) is 5.59. The molecular formula is C20H30O4. The van der Waals surface area contributed by atoms with Crippen LogP contribution in [0.15, 0.2) is 24.8 Å². The summed E-state index contributed by atoms with van der Waals surface area (Å²) in [5.74, 6) is 0.977. The van der Waals surface area contributed by atoms with Gasteiger partial charge in [0.1, 0.15) is 24.2 Å². The number of carbonyl (C=O) groups is 1. The number of aromatic hydroxyl groups is 1. The highest BCUT2D eigenvalue weighted by Gasteiger charge is 2.25. The monoisotopic (exact) mass is 334 g/mol. The maximum Gasteiger partial charge on any atom is 0.330 e. The molecule has 1 aromatic carbocycles. The Hall–Kier alpha value is -1.97. The van der Waals surface area contributed by atoms with Crippen molar-refractivity contribution in [2.45, 2.75) is 59.5 Å². The summed E-state index contributed by atoms with van der Waals surface area (Å²) >= 11 is 0. The molecule has 1 rings (SSSR count). The van der Waals surface area contributed by atoms with Gasteiger partial charge < -0.3 is 14.6 Å². The second-order valence-corrected chi connectivity index (χ2v) is 7.55. The highest BCUT2D eigenvalue weighted by molar-refractivity contribution is 5.81. The fourth-order valence-electron chi connectivity index (χ4n) is 2.69. The van der Waals surface area contributed by atoms with Gasteiger partial charge in [0.2, 0.25) is 0 Å². The average molecular weight is 334 g/mol. The van der Waals surface area contributed by atoms with Gasteiger partial charge in [-0.3, -0.25) is 0 Å². The predicted octanol–water partition coefficient (Wildman–Crippen LogP) is 4.38. The Morgan fingerprint density at radius 3 is 2.42 bits per heavy atom. The van der Waals surface area contributed by atoms with E-state index in [4.69, 9.17) is 9.47 Å². The summed E-state index contributed by atoms with van der Waals surface area (Å²) in [6.45, 7) is 15.9. The van der Waals surface area contributed by atoms with Gasteiger partial charge in [0, 0.05) is 17.2 Å². The van der Waals surface area contributed by atoms with Crippen molar-refractivity contribution in [1.82, 2.24) is 0 Å². The normalized spacial score (nSPS) is 12.8. The summed E-state index contributed by atoms with van der Waals surface area (Å²) in [7, 11) is 0. The zero-order chi connectivity index (χ0) is 18.5. The highest BCUT2D eigenvalue weighted by atomic mass is 16.6. The van der Waals surface area contributed by atoms with E-state index < -0.39 is 5.97 Å². The number of hydrogen-bond donors (Lipinski definition) is 1. The van der Waals surface area contributed by atoms with Crippen LogP contribution < -0.4 is 4.74 Å². The highest BCUT2D eigenvalue weighted by Crippen LogP contribution is 2.39. The van der Waals surface area contributed by atoms with E-state index >= 15 is 0 Å². The molecule has 1 N–H and O–H groups in total. The van der Waals surface area contributed by atoms with Gasteiger partial charge in [-0.25, -0.2) is 4.79 Å². The van der Waals surface area contributed by atoms with Crippen molar-refractivity contribution in [3.63, 3.8) is 0 Å². The van der Waals surface area contributed by atoms with Crippen molar-refractivity contribution in [1.29, 1.82) is 0 Å². The number of ether oxygens (including phenoxy) is 2. The molecule has 1 atom stereocenters. The molecule has 0 saturated heterocycles. The van der Waals surface area contributed by atoms with Gasteiger partial charge in [0.05, 0.1) is 0 Å². The Bertz CT molecular complexity index is 582. The Morgan fingerprint density at radius 2 is 1.92 bits per heavy atom. The molecule has 4 nitrogen and oxygen atoms in total. The van der Waals surface area contributed by atoms with Crippen LogP contribution in [-0.4, -0.2) is 23.8 Å². The van der Waals surface area contributed by atoms with Gasteiger partial charge in [-0.2, -0.15) is 0 Å². The zero-order valence-electron chi connectivity index (χ0n) is 15.7. The van der Waals surface area contributed by atoms with Gasteiger partial charge in [-0.05, 0) is 36.8 Å². The molecule has 4 heteroatoms. The Morgan fingerprint density at radius 1 is 1.29 bits per heavy atom. The minimum absolute atomic E-state index is 0.200. The van der Waals surface area contributed by atoms with E-state index in [0.29, 0.717) is 5.92 Å². The largest absolute Gasteiger partial charge is 0.508 e. The first-order chi connectivity index (χ1) is 11.1. The molecule has 0 fully saturated rings. The van der Waals surface area contributed by atoms with Crippen LogP contribution in [0.1, 0.15) is 52.7 Å². The van der Waals surface area contributed by atoms with Crippen LogP contribution >= 0.6 is 0 Å². The maximum absolute atomic E-state index is 11.2. The van der Waals surface area contributed by atoms with Crippen molar-refractivity contribution in [3.05, 3.63) is 35.9 Å². The van der Waals surface area contributed by atoms with E-state index in [0.717, 1.165) is 29.4 Å². The van der Waals surface area contributed by atoms with Crippen molar-refractivity contribution < 1.29 is 19.4 Å². The predicted molar refractivity (Wildman–Crippen MR) is 96.6 cm³/mol. The van der Waals surface area contributed by atoms with Gasteiger partial charge in [-0.15, -0.1) is 0 Å². The van der Waals surface area contributed by atoms with E-state index in [9.17, 15) is 9.90 Å². The Labute approximate surface area is 145 Å². The topological polar surface area (TPSA) is 55.8 Å². The van der Waals surface area contributed by atoms with Gasteiger partial charge in [-0.1, -0.05) is 41.2 Å². The maximum atomic E-state index is 11.2. The first kappa shape index (κ1) is 20.1. The lowest BCUT2D eigenvalue weighted by atomic mass is 9.80. The van der Waals surface area contributed by atoms with E-state index in [2.05, 4.69) is 41.2 Å². The SMILES string of the molecule is C=CC(=O)OC(C)COc1ccc(O)c(C(C)(C)C)c1CC(C)C. The van der Waals surface area contributed by atoms with Crippen LogP contribution in [0, 0.1) is 5.92 Å². The van der Waals surface area contributed by atoms with Gasteiger partial charge in [0.25, 0.3) is 0 Å². The third-order valence-electron chi connectivity index (χ3n) is 3.57. The number of phenols is 1. The molecule has 0 bridgehead atoms. The smallest absolute Gasteiger partial charge is 0.330 e. The van der Waals surface area contributed by atoms with Crippen LogP contribution in [0.25, 0.3) is 0 Å². The summed E-state index contributed by atoms with van der Waals surface area (Å²) in [5, 5.41) is 10.4. The molecule has 134 valence electrons. The summed E-state index contributed by atoms with van der Waals surface area (Å²) in [4.78, 5) is 11.2. The molecule has 0 aliphatic carbocycles. The fourth-order valence-corrected chi connectivity index (χ4v) is 2.69. The second-order valence-electron chi connectivity index (χ2n) is 7.55. The van der Waals surface area contributed by atoms with E-state index in [1.165, 1.54) is 0 Å². The van der Waals surface area contributed by atoms with E-state index in [1.54, 1.807) is 19.1 Å². The van der Waals surface area contributed by atoms with E-state index in [-0.39, 0.29) is 23.9 Å². The molecular weight excluding hydrogens is 304 g/mol. The van der Waals surface area contributed by atoms with Crippen molar-refractivity contribution in [2.24, 2.45) is 5.92 Å². The standard InChI is InChI=1S/C20H30O4/c1-8-18(22)24-14(4)12-23-17-10-9-16(21)19(20(5,6)7)15(17)11-13(2)3/h8-10,13-14,21H,1,11-12H2,2-7H3. The number of esters is 1. The van der Waals surface area contributed by atoms with Crippen molar-refractivity contribution in [3.8, 4) is 11.5 Å². The van der Waals surface area contributed by atoms with Crippen LogP contribution in [0.3, 0.4) is 0 Å². The van der Waals surface area contributed by atoms with Crippen LogP contribution in [-0.2, 0) is 21.4 Å². The van der Waals surface area contributed by atoms with Crippen molar-refractivity contribution in [2.75, 3.05) is 6.61 Å². The lowest BCUT2D eigenvalue weighted by Gasteiger charge is -2.27. The van der Waals surface area contributed by atoms with Gasteiger partial charge in [0.15, 0.2) is 0 Å². The lowest BCUT2D eigenvalue weighted by Crippen LogP contribution is -2.22. The lowest BCUT2D eigenvalue weighted by molar-refractivity contribution is -0.143. The summed E-state index contributed by atoms with van der Waals surface area (Å²) in [6.07, 6.45) is 1.56. The zero-order valence-corrected chi connectivity index (χ0v) is 15.7. The first-order valence-electron chi connectivity index (χ1n) is 8.37. The number of rotatable bonds is 7. The number of carbonyl (C=O) groups excluding carboxylic acids is 1. The molecule has 1 unspecified atom stereocenters. The Balaban J connectivity index is 3.09. The molecule has 0 spiro atoms. The molecule has 0 saturated carbocycles. The Kier molecular flexibility index (Phi) is 6.88. The molecule has 1 aromatic rings. The molecule has 0 amide bonds. The number of phenolic OH excluding ortho intramolecular Hbond substituents is 1. The van der Waals surface area contributed by atoms with Crippen molar-refractivity contribution >= 4 is 5.97 Å². The molecule has 0 aliphatic rings. The molecule has 0 heterocycles. The molecule has 0 radical (unpaired) electrons. The minimum Gasteiger partial charge on any atom is -0.508 e. The minimum atomic E-state index is -0.463. The fraction of sp³-hybridized carbons (Fsp3) is 0.550. The average Bonchev–Trinajstić information content (AvgIpc) is 2.44. The van der Waals surface area contributed by atoms with Crippen LogP contribution in [0.2, 0.25) is 0 Å². The van der Waals surface area contributed by atoms with Crippen LogP contribution in [0.4, 0.5) is 0 Å².